The molecule has 12 heteroatoms. The third-order valence-electron chi connectivity index (χ3n) is 5.89. The topological polar surface area (TPSA) is 130 Å². The molecule has 5 rings (SSSR count). The van der Waals surface area contributed by atoms with Crippen LogP contribution in [0.4, 0.5) is 5.95 Å². The van der Waals surface area contributed by atoms with Crippen molar-refractivity contribution in [3.63, 3.8) is 0 Å². The normalized spacial score (nSPS) is 14.3. The zero-order valence-electron chi connectivity index (χ0n) is 19.1. The van der Waals surface area contributed by atoms with E-state index in [2.05, 4.69) is 30.6 Å². The van der Waals surface area contributed by atoms with Gasteiger partial charge in [0.25, 0.3) is 11.8 Å². The molecule has 1 fully saturated rings. The van der Waals surface area contributed by atoms with Crippen LogP contribution in [0.5, 0.6) is 0 Å². The highest BCUT2D eigenvalue weighted by atomic mass is 32.2. The average Bonchev–Trinajstić information content (AvgIpc) is 3.64. The minimum absolute atomic E-state index is 0.0723. The highest BCUT2D eigenvalue weighted by Crippen LogP contribution is 2.33. The fourth-order valence-corrected chi connectivity index (χ4v) is 5.34. The number of thiazole rings is 1. The number of piperidine rings is 1. The SMILES string of the molecule is CSc1n[nH]c(NC(=O)c2csc(C3CCN(C(=O)c4c(-c5ccccc5)noc4C)CC3)n2)n1. The molecule has 10 nitrogen and oxygen atoms in total. The summed E-state index contributed by atoms with van der Waals surface area (Å²) in [5.41, 5.74) is 2.28. The Morgan fingerprint density at radius 1 is 1.20 bits per heavy atom. The third kappa shape index (κ3) is 4.84. The Morgan fingerprint density at radius 3 is 2.69 bits per heavy atom. The van der Waals surface area contributed by atoms with E-state index in [1.165, 1.54) is 23.1 Å². The number of likely N-dealkylation sites (tertiary alicyclic amines) is 1. The van der Waals surface area contributed by atoms with E-state index in [0.717, 1.165) is 23.4 Å². The van der Waals surface area contributed by atoms with E-state index in [1.54, 1.807) is 12.3 Å². The number of benzene rings is 1. The lowest BCUT2D eigenvalue weighted by atomic mass is 9.96. The first-order chi connectivity index (χ1) is 17.0. The van der Waals surface area contributed by atoms with E-state index in [4.69, 9.17) is 4.52 Å². The van der Waals surface area contributed by atoms with Gasteiger partial charge < -0.3 is 9.42 Å². The van der Waals surface area contributed by atoms with Crippen LogP contribution in [0, 0.1) is 6.92 Å². The number of aromatic amines is 1. The summed E-state index contributed by atoms with van der Waals surface area (Å²) >= 11 is 2.85. The molecule has 3 aromatic heterocycles. The van der Waals surface area contributed by atoms with Crippen LogP contribution in [0.3, 0.4) is 0 Å². The van der Waals surface area contributed by atoms with Crippen LogP contribution in [-0.2, 0) is 0 Å². The number of carbonyl (C=O) groups is 2. The number of carbonyl (C=O) groups excluding carboxylic acids is 2. The van der Waals surface area contributed by atoms with Crippen molar-refractivity contribution in [2.24, 2.45) is 0 Å². The zero-order chi connectivity index (χ0) is 24.4. The Balaban J connectivity index is 1.22. The summed E-state index contributed by atoms with van der Waals surface area (Å²) < 4.78 is 5.37. The van der Waals surface area contributed by atoms with Crippen molar-refractivity contribution < 1.29 is 14.1 Å². The molecule has 4 heterocycles. The molecule has 35 heavy (non-hydrogen) atoms. The average molecular weight is 510 g/mol. The van der Waals surface area contributed by atoms with Crippen LogP contribution in [0.25, 0.3) is 11.3 Å². The van der Waals surface area contributed by atoms with E-state index < -0.39 is 0 Å². The Hall–Kier alpha value is -3.51. The molecule has 0 spiro atoms. The van der Waals surface area contributed by atoms with Gasteiger partial charge in [-0.15, -0.1) is 16.4 Å². The van der Waals surface area contributed by atoms with E-state index in [0.29, 0.717) is 46.9 Å². The summed E-state index contributed by atoms with van der Waals surface area (Å²) in [5.74, 6) is 0.593. The van der Waals surface area contributed by atoms with Crippen molar-refractivity contribution in [3.05, 3.63) is 57.7 Å². The van der Waals surface area contributed by atoms with E-state index >= 15 is 0 Å². The lowest BCUT2D eigenvalue weighted by molar-refractivity contribution is 0.0711. The number of hydrogen-bond acceptors (Lipinski definition) is 9. The molecule has 180 valence electrons. The van der Waals surface area contributed by atoms with E-state index in [9.17, 15) is 9.59 Å². The van der Waals surface area contributed by atoms with Crippen molar-refractivity contribution in [2.45, 2.75) is 30.8 Å². The Morgan fingerprint density at radius 2 is 1.97 bits per heavy atom. The lowest BCUT2D eigenvalue weighted by Crippen LogP contribution is -2.38. The number of H-pyrrole nitrogens is 1. The molecule has 1 aliphatic heterocycles. The van der Waals surface area contributed by atoms with Crippen molar-refractivity contribution >= 4 is 40.9 Å². The second kappa shape index (κ2) is 10.0. The largest absolute Gasteiger partial charge is 0.360 e. The Bertz CT molecular complexity index is 1340. The van der Waals surface area contributed by atoms with Gasteiger partial charge in [0.2, 0.25) is 11.1 Å². The van der Waals surface area contributed by atoms with E-state index in [1.807, 2.05) is 41.5 Å². The van der Waals surface area contributed by atoms with Crippen LogP contribution < -0.4 is 5.32 Å². The Kier molecular flexibility index (Phi) is 6.64. The van der Waals surface area contributed by atoms with Crippen molar-refractivity contribution in [1.82, 2.24) is 30.2 Å². The first-order valence-electron chi connectivity index (χ1n) is 11.1. The number of rotatable bonds is 6. The number of nitrogens with one attached hydrogen (secondary N) is 2. The summed E-state index contributed by atoms with van der Waals surface area (Å²) in [6.45, 7) is 2.96. The first kappa shape index (κ1) is 23.2. The predicted molar refractivity (Wildman–Crippen MR) is 133 cm³/mol. The molecule has 1 saturated heterocycles. The van der Waals surface area contributed by atoms with Crippen molar-refractivity contribution in [2.75, 3.05) is 24.7 Å². The smallest absolute Gasteiger partial charge is 0.277 e. The van der Waals surface area contributed by atoms with Gasteiger partial charge >= 0.3 is 0 Å². The third-order valence-corrected chi connectivity index (χ3v) is 7.44. The van der Waals surface area contributed by atoms with Gasteiger partial charge in [-0.1, -0.05) is 47.3 Å². The fraction of sp³-hybridized carbons (Fsp3) is 0.304. The molecule has 0 unspecified atom stereocenters. The summed E-state index contributed by atoms with van der Waals surface area (Å²) in [7, 11) is 0. The molecule has 4 aromatic rings. The summed E-state index contributed by atoms with van der Waals surface area (Å²) in [4.78, 5) is 36.4. The molecular weight excluding hydrogens is 486 g/mol. The van der Waals surface area contributed by atoms with Crippen molar-refractivity contribution in [1.29, 1.82) is 0 Å². The molecule has 1 aromatic carbocycles. The van der Waals surface area contributed by atoms with Gasteiger partial charge in [0.05, 0.1) is 5.01 Å². The van der Waals surface area contributed by atoms with Gasteiger partial charge in [-0.05, 0) is 26.0 Å². The van der Waals surface area contributed by atoms with Gasteiger partial charge in [-0.25, -0.2) is 10.1 Å². The zero-order valence-corrected chi connectivity index (χ0v) is 20.8. The van der Waals surface area contributed by atoms with Crippen LogP contribution >= 0.6 is 23.1 Å². The molecule has 0 bridgehead atoms. The maximum atomic E-state index is 13.4. The molecule has 0 radical (unpaired) electrons. The maximum Gasteiger partial charge on any atom is 0.277 e. The van der Waals surface area contributed by atoms with Gasteiger partial charge in [0.1, 0.15) is 22.7 Å². The van der Waals surface area contributed by atoms with Crippen LogP contribution in [0.15, 0.2) is 45.4 Å². The highest BCUT2D eigenvalue weighted by Gasteiger charge is 2.31. The number of hydrogen-bond donors (Lipinski definition) is 2. The predicted octanol–water partition coefficient (Wildman–Crippen LogP) is 4.22. The minimum atomic E-state index is -0.333. The number of aryl methyl sites for hydroxylation is 1. The Labute approximate surface area is 209 Å². The lowest BCUT2D eigenvalue weighted by Gasteiger charge is -2.31. The summed E-state index contributed by atoms with van der Waals surface area (Å²) in [6, 6.07) is 9.58. The van der Waals surface area contributed by atoms with Gasteiger partial charge in [0.15, 0.2) is 0 Å². The standard InChI is InChI=1S/C23H23N7O3S2/c1-13-17(18(29-33-13)14-6-4-3-5-7-14)21(32)30-10-8-15(9-11-30)20-24-16(12-35-20)19(31)25-22-26-23(34-2)28-27-22/h3-7,12,15H,8-11H2,1-2H3,(H2,25,26,27,28,31). The highest BCUT2D eigenvalue weighted by molar-refractivity contribution is 7.98. The van der Waals surface area contributed by atoms with Crippen LogP contribution in [0.2, 0.25) is 0 Å². The van der Waals surface area contributed by atoms with Crippen LogP contribution in [0.1, 0.15) is 50.4 Å². The first-order valence-corrected chi connectivity index (χ1v) is 13.2. The maximum absolute atomic E-state index is 13.4. The molecule has 1 aliphatic rings. The number of aromatic nitrogens is 5. The van der Waals surface area contributed by atoms with Crippen molar-refractivity contribution in [3.8, 4) is 11.3 Å². The second-order valence-electron chi connectivity index (χ2n) is 8.09. The molecule has 2 amide bonds. The fourth-order valence-electron chi connectivity index (χ4n) is 4.05. The van der Waals surface area contributed by atoms with Gasteiger partial charge in [-0.3, -0.25) is 14.9 Å². The van der Waals surface area contributed by atoms with Gasteiger partial charge in [0, 0.05) is 30.0 Å². The van der Waals surface area contributed by atoms with E-state index in [-0.39, 0.29) is 17.7 Å². The minimum Gasteiger partial charge on any atom is -0.360 e. The second-order valence-corrected chi connectivity index (χ2v) is 9.75. The van der Waals surface area contributed by atoms with Crippen LogP contribution in [-0.4, -0.2) is 61.4 Å². The molecule has 0 saturated carbocycles. The van der Waals surface area contributed by atoms with Gasteiger partial charge in [-0.2, -0.15) is 4.98 Å². The molecule has 0 aliphatic carbocycles. The summed E-state index contributed by atoms with van der Waals surface area (Å²) in [6.07, 6.45) is 3.39. The molecule has 0 atom stereocenters. The quantitative estimate of drug-likeness (QED) is 0.370. The number of nitrogens with zero attached hydrogens (tertiary/aromatic N) is 5. The monoisotopic (exact) mass is 509 g/mol. The number of thioether (sulfide) groups is 1. The number of anilines is 1. The molecule has 2 N–H and O–H groups in total. The number of amides is 2. The summed E-state index contributed by atoms with van der Waals surface area (Å²) in [5, 5.41) is 16.7. The molecular formula is C23H23N7O3S2.